The van der Waals surface area contributed by atoms with Gasteiger partial charge in [-0.1, -0.05) is 23.7 Å². The largest absolute Gasteiger partial charge is 0.478 e. The number of pyridine rings is 1. The van der Waals surface area contributed by atoms with Crippen LogP contribution in [0, 0.1) is 0 Å². The van der Waals surface area contributed by atoms with Gasteiger partial charge in [0.05, 0.1) is 11.3 Å². The van der Waals surface area contributed by atoms with Crippen molar-refractivity contribution in [3.63, 3.8) is 0 Å². The highest BCUT2D eigenvalue weighted by Gasteiger charge is 2.04. The summed E-state index contributed by atoms with van der Waals surface area (Å²) in [6.45, 7) is 0. The summed E-state index contributed by atoms with van der Waals surface area (Å²) >= 11 is 5.85. The molecule has 3 nitrogen and oxygen atoms in total. The van der Waals surface area contributed by atoms with Gasteiger partial charge in [-0.15, -0.1) is 0 Å². The smallest absolute Gasteiger partial charge is 0.337 e. The normalized spacial score (nSPS) is 10.1. The zero-order valence-corrected chi connectivity index (χ0v) is 8.98. The summed E-state index contributed by atoms with van der Waals surface area (Å²) in [6.07, 6.45) is 1.33. The number of benzene rings is 1. The van der Waals surface area contributed by atoms with Gasteiger partial charge in [-0.05, 0) is 24.3 Å². The van der Waals surface area contributed by atoms with Gasteiger partial charge in [0, 0.05) is 16.8 Å². The number of carboxylic acid groups (broad SMARTS) is 1. The van der Waals surface area contributed by atoms with Crippen LogP contribution >= 0.6 is 11.6 Å². The Hall–Kier alpha value is -1.87. The maximum absolute atomic E-state index is 10.6. The molecule has 0 amide bonds. The monoisotopic (exact) mass is 233 g/mol. The zero-order valence-electron chi connectivity index (χ0n) is 8.22. The van der Waals surface area contributed by atoms with Gasteiger partial charge < -0.3 is 5.11 Å². The molecule has 80 valence electrons. The van der Waals surface area contributed by atoms with Crippen LogP contribution in [0.25, 0.3) is 11.3 Å². The summed E-state index contributed by atoms with van der Waals surface area (Å²) in [4.78, 5) is 14.7. The zero-order chi connectivity index (χ0) is 11.5. The van der Waals surface area contributed by atoms with Crippen molar-refractivity contribution in [1.29, 1.82) is 0 Å². The van der Waals surface area contributed by atoms with E-state index < -0.39 is 5.97 Å². The highest BCUT2D eigenvalue weighted by atomic mass is 35.5. The molecule has 0 aliphatic carbocycles. The predicted octanol–water partition coefficient (Wildman–Crippen LogP) is 3.10. The van der Waals surface area contributed by atoms with E-state index in [9.17, 15) is 4.79 Å². The standard InChI is InChI=1S/C12H8ClNO2/c13-10-3-1-2-8(6-10)11-5-4-9(7-14-11)12(15)16/h1-7H,(H,15,16). The molecule has 1 aromatic heterocycles. The Bertz CT molecular complexity index is 523. The summed E-state index contributed by atoms with van der Waals surface area (Å²) in [7, 11) is 0. The van der Waals surface area contributed by atoms with Gasteiger partial charge in [-0.3, -0.25) is 4.98 Å². The number of carboxylic acids is 1. The number of rotatable bonds is 2. The molecule has 0 spiro atoms. The lowest BCUT2D eigenvalue weighted by Crippen LogP contribution is -1.96. The molecule has 0 aliphatic rings. The fourth-order valence-electron chi connectivity index (χ4n) is 1.34. The van der Waals surface area contributed by atoms with Gasteiger partial charge >= 0.3 is 5.97 Å². The SMILES string of the molecule is O=C(O)c1ccc(-c2cccc(Cl)c2)nc1. The Morgan fingerprint density at radius 1 is 1.25 bits per heavy atom. The van der Waals surface area contributed by atoms with E-state index in [0.717, 1.165) is 5.56 Å². The first-order chi connectivity index (χ1) is 7.66. The molecule has 0 aliphatic heterocycles. The molecule has 0 unspecified atom stereocenters. The topological polar surface area (TPSA) is 50.2 Å². The maximum Gasteiger partial charge on any atom is 0.337 e. The van der Waals surface area contributed by atoms with Gasteiger partial charge in [-0.25, -0.2) is 4.79 Å². The highest BCUT2D eigenvalue weighted by Crippen LogP contribution is 2.20. The Morgan fingerprint density at radius 3 is 2.62 bits per heavy atom. The second-order valence-electron chi connectivity index (χ2n) is 3.25. The first kappa shape index (κ1) is 10.6. The van der Waals surface area contributed by atoms with Crippen LogP contribution in [-0.2, 0) is 0 Å². The number of aromatic carboxylic acids is 1. The molecule has 0 saturated carbocycles. The highest BCUT2D eigenvalue weighted by molar-refractivity contribution is 6.30. The van der Waals surface area contributed by atoms with Gasteiger partial charge in [0.2, 0.25) is 0 Å². The van der Waals surface area contributed by atoms with E-state index in [-0.39, 0.29) is 5.56 Å². The molecule has 0 atom stereocenters. The van der Waals surface area contributed by atoms with Crippen molar-refractivity contribution >= 4 is 17.6 Å². The van der Waals surface area contributed by atoms with Crippen molar-refractivity contribution in [2.24, 2.45) is 0 Å². The molecule has 16 heavy (non-hydrogen) atoms. The van der Waals surface area contributed by atoms with Gasteiger partial charge in [-0.2, -0.15) is 0 Å². The van der Waals surface area contributed by atoms with Crippen molar-refractivity contribution in [2.45, 2.75) is 0 Å². The molecule has 0 fully saturated rings. The molecule has 1 aromatic carbocycles. The molecule has 0 bridgehead atoms. The summed E-state index contributed by atoms with van der Waals surface area (Å²) in [5, 5.41) is 9.36. The number of hydrogen-bond acceptors (Lipinski definition) is 2. The Morgan fingerprint density at radius 2 is 2.06 bits per heavy atom. The van der Waals surface area contributed by atoms with E-state index in [1.54, 1.807) is 18.2 Å². The molecule has 0 radical (unpaired) electrons. The lowest BCUT2D eigenvalue weighted by atomic mass is 10.1. The number of carbonyl (C=O) groups is 1. The molecule has 4 heteroatoms. The number of halogens is 1. The van der Waals surface area contributed by atoms with E-state index >= 15 is 0 Å². The summed E-state index contributed by atoms with van der Waals surface area (Å²) in [6, 6.07) is 10.4. The first-order valence-electron chi connectivity index (χ1n) is 4.62. The molecular formula is C12H8ClNO2. The average Bonchev–Trinajstić information content (AvgIpc) is 2.29. The second kappa shape index (κ2) is 4.33. The van der Waals surface area contributed by atoms with Gasteiger partial charge in [0.25, 0.3) is 0 Å². The van der Waals surface area contributed by atoms with E-state index in [1.165, 1.54) is 12.3 Å². The third kappa shape index (κ3) is 2.20. The van der Waals surface area contributed by atoms with E-state index in [1.807, 2.05) is 12.1 Å². The van der Waals surface area contributed by atoms with Crippen LogP contribution in [0.2, 0.25) is 5.02 Å². The quantitative estimate of drug-likeness (QED) is 0.867. The average molecular weight is 234 g/mol. The minimum absolute atomic E-state index is 0.172. The molecule has 1 N–H and O–H groups in total. The van der Waals surface area contributed by atoms with Crippen molar-refractivity contribution < 1.29 is 9.90 Å². The number of hydrogen-bond donors (Lipinski definition) is 1. The third-order valence-electron chi connectivity index (χ3n) is 2.13. The van der Waals surface area contributed by atoms with Crippen LogP contribution in [0.3, 0.4) is 0 Å². The molecule has 1 heterocycles. The van der Waals surface area contributed by atoms with Crippen molar-refractivity contribution in [1.82, 2.24) is 4.98 Å². The van der Waals surface area contributed by atoms with Crippen LogP contribution in [0.5, 0.6) is 0 Å². The van der Waals surface area contributed by atoms with E-state index in [0.29, 0.717) is 10.7 Å². The fourth-order valence-corrected chi connectivity index (χ4v) is 1.53. The lowest BCUT2D eigenvalue weighted by Gasteiger charge is -2.01. The number of nitrogens with zero attached hydrogens (tertiary/aromatic N) is 1. The first-order valence-corrected chi connectivity index (χ1v) is 5.00. The Kier molecular flexibility index (Phi) is 2.88. The molecule has 2 rings (SSSR count). The van der Waals surface area contributed by atoms with Crippen LogP contribution in [0.15, 0.2) is 42.6 Å². The van der Waals surface area contributed by atoms with Crippen LogP contribution in [0.4, 0.5) is 0 Å². The van der Waals surface area contributed by atoms with E-state index in [4.69, 9.17) is 16.7 Å². The minimum atomic E-state index is -0.981. The molecular weight excluding hydrogens is 226 g/mol. The van der Waals surface area contributed by atoms with Gasteiger partial charge in [0.1, 0.15) is 0 Å². The van der Waals surface area contributed by atoms with E-state index in [2.05, 4.69) is 4.98 Å². The van der Waals surface area contributed by atoms with Crippen molar-refractivity contribution in [2.75, 3.05) is 0 Å². The number of aromatic nitrogens is 1. The Labute approximate surface area is 97.3 Å². The maximum atomic E-state index is 10.6. The second-order valence-corrected chi connectivity index (χ2v) is 3.68. The predicted molar refractivity (Wildman–Crippen MR) is 61.6 cm³/mol. The summed E-state index contributed by atoms with van der Waals surface area (Å²) in [5.74, 6) is -0.981. The minimum Gasteiger partial charge on any atom is -0.478 e. The molecule has 2 aromatic rings. The fraction of sp³-hybridized carbons (Fsp3) is 0. The summed E-state index contributed by atoms with van der Waals surface area (Å²) in [5.41, 5.74) is 1.74. The lowest BCUT2D eigenvalue weighted by molar-refractivity contribution is 0.0696. The third-order valence-corrected chi connectivity index (χ3v) is 2.37. The van der Waals surface area contributed by atoms with Gasteiger partial charge in [0.15, 0.2) is 0 Å². The van der Waals surface area contributed by atoms with Crippen molar-refractivity contribution in [3.05, 3.63) is 53.2 Å². The van der Waals surface area contributed by atoms with Crippen LogP contribution in [0.1, 0.15) is 10.4 Å². The molecule has 0 saturated heterocycles. The van der Waals surface area contributed by atoms with Crippen molar-refractivity contribution in [3.8, 4) is 11.3 Å². The van der Waals surface area contributed by atoms with Crippen LogP contribution in [-0.4, -0.2) is 16.1 Å². The summed E-state index contributed by atoms with van der Waals surface area (Å²) < 4.78 is 0. The Balaban J connectivity index is 2.38. The van der Waals surface area contributed by atoms with Crippen LogP contribution < -0.4 is 0 Å².